The van der Waals surface area contributed by atoms with Crippen LogP contribution in [0.1, 0.15) is 70.9 Å². The smallest absolute Gasteiger partial charge is 0.251 e. The molecule has 0 aromatic heterocycles. The van der Waals surface area contributed by atoms with Gasteiger partial charge in [-0.1, -0.05) is 43.7 Å². The molecule has 3 nitrogen and oxygen atoms in total. The minimum Gasteiger partial charge on any atom is -0.496 e. The van der Waals surface area contributed by atoms with Gasteiger partial charge in [-0.2, -0.15) is 0 Å². The van der Waals surface area contributed by atoms with Gasteiger partial charge >= 0.3 is 0 Å². The number of nitrogens with one attached hydrogen (secondary N) is 1. The van der Waals surface area contributed by atoms with Crippen molar-refractivity contribution in [3.05, 3.63) is 94.0 Å². The highest BCUT2D eigenvalue weighted by molar-refractivity contribution is 7.98. The lowest BCUT2D eigenvalue weighted by molar-refractivity contribution is 0.0940. The summed E-state index contributed by atoms with van der Waals surface area (Å²) in [6, 6.07) is 20.6. The molecule has 0 spiro atoms. The van der Waals surface area contributed by atoms with E-state index in [2.05, 4.69) is 69.4 Å². The van der Waals surface area contributed by atoms with E-state index in [-0.39, 0.29) is 11.9 Å². The van der Waals surface area contributed by atoms with Gasteiger partial charge < -0.3 is 10.1 Å². The maximum Gasteiger partial charge on any atom is 0.251 e. The molecule has 1 amide bonds. The molecule has 1 N–H and O–H groups in total. The summed E-state index contributed by atoms with van der Waals surface area (Å²) in [6.07, 6.45) is 0. The Kier molecular flexibility index (Phi) is 8.03. The molecule has 3 aromatic rings. The van der Waals surface area contributed by atoms with E-state index in [0.29, 0.717) is 11.5 Å². The van der Waals surface area contributed by atoms with Crippen LogP contribution in [0.15, 0.2) is 65.6 Å². The number of hydrogen-bond acceptors (Lipinski definition) is 3. The van der Waals surface area contributed by atoms with Crippen molar-refractivity contribution in [3.8, 4) is 5.75 Å². The molecular formula is C28H33NO2S. The number of amides is 1. The van der Waals surface area contributed by atoms with E-state index in [4.69, 9.17) is 4.74 Å². The fraction of sp³-hybridized carbons (Fsp3) is 0.321. The third-order valence-electron chi connectivity index (χ3n) is 5.70. The SMILES string of the molecule is COc1cc(C)c([C@H](C)NC(=O)c2ccc(CSc3ccc(C)cc3)cc2)cc1C(C)C. The van der Waals surface area contributed by atoms with Crippen LogP contribution in [0.2, 0.25) is 0 Å². The summed E-state index contributed by atoms with van der Waals surface area (Å²) in [5.41, 5.74) is 6.54. The summed E-state index contributed by atoms with van der Waals surface area (Å²) >= 11 is 1.80. The van der Waals surface area contributed by atoms with Gasteiger partial charge in [0.1, 0.15) is 5.75 Å². The monoisotopic (exact) mass is 447 g/mol. The maximum absolute atomic E-state index is 12.9. The van der Waals surface area contributed by atoms with E-state index in [1.807, 2.05) is 31.2 Å². The van der Waals surface area contributed by atoms with Crippen LogP contribution in [0.3, 0.4) is 0 Å². The van der Waals surface area contributed by atoms with Crippen molar-refractivity contribution in [2.24, 2.45) is 0 Å². The van der Waals surface area contributed by atoms with Crippen molar-refractivity contribution < 1.29 is 9.53 Å². The van der Waals surface area contributed by atoms with Gasteiger partial charge in [0.25, 0.3) is 5.91 Å². The molecule has 0 heterocycles. The fourth-order valence-electron chi connectivity index (χ4n) is 3.72. The normalized spacial score (nSPS) is 12.0. The van der Waals surface area contributed by atoms with Crippen molar-refractivity contribution in [2.75, 3.05) is 7.11 Å². The quantitative estimate of drug-likeness (QED) is 0.371. The molecule has 4 heteroatoms. The summed E-state index contributed by atoms with van der Waals surface area (Å²) < 4.78 is 5.55. The van der Waals surface area contributed by atoms with Crippen molar-refractivity contribution in [1.82, 2.24) is 5.32 Å². The van der Waals surface area contributed by atoms with Crippen molar-refractivity contribution >= 4 is 17.7 Å². The van der Waals surface area contributed by atoms with Crippen LogP contribution in [-0.4, -0.2) is 13.0 Å². The molecule has 3 aromatic carbocycles. The zero-order valence-corrected chi connectivity index (χ0v) is 20.7. The third-order valence-corrected chi connectivity index (χ3v) is 6.78. The maximum atomic E-state index is 12.9. The molecule has 0 radical (unpaired) electrons. The number of rotatable bonds is 8. The van der Waals surface area contributed by atoms with Gasteiger partial charge in [0.2, 0.25) is 0 Å². The Balaban J connectivity index is 1.65. The van der Waals surface area contributed by atoms with Gasteiger partial charge in [0.05, 0.1) is 13.2 Å². The second-order valence-electron chi connectivity index (χ2n) is 8.60. The summed E-state index contributed by atoms with van der Waals surface area (Å²) in [5.74, 6) is 2.07. The Morgan fingerprint density at radius 3 is 2.19 bits per heavy atom. The van der Waals surface area contributed by atoms with Crippen LogP contribution in [0, 0.1) is 13.8 Å². The molecule has 0 fully saturated rings. The van der Waals surface area contributed by atoms with Gasteiger partial charge in [-0.25, -0.2) is 0 Å². The van der Waals surface area contributed by atoms with Crippen LogP contribution in [-0.2, 0) is 5.75 Å². The van der Waals surface area contributed by atoms with Gasteiger partial charge in [-0.05, 0) is 85.3 Å². The van der Waals surface area contributed by atoms with Crippen molar-refractivity contribution in [3.63, 3.8) is 0 Å². The Bertz CT molecular complexity index is 1060. The standard InChI is InChI=1S/C28H33NO2S/c1-18(2)25-16-26(20(4)15-27(25)31-6)21(5)29-28(30)23-11-9-22(10-12-23)17-32-24-13-7-19(3)8-14-24/h7-16,18,21H,17H2,1-6H3,(H,29,30)/t21-/m0/s1. The van der Waals surface area contributed by atoms with Crippen LogP contribution in [0.4, 0.5) is 0 Å². The molecule has 0 bridgehead atoms. The average molecular weight is 448 g/mol. The first-order valence-electron chi connectivity index (χ1n) is 11.1. The first-order chi connectivity index (χ1) is 15.3. The number of benzene rings is 3. The van der Waals surface area contributed by atoms with E-state index in [9.17, 15) is 4.79 Å². The molecule has 0 aliphatic heterocycles. The van der Waals surface area contributed by atoms with E-state index in [0.717, 1.165) is 28.2 Å². The van der Waals surface area contributed by atoms with Gasteiger partial charge in [-0.3, -0.25) is 4.79 Å². The first-order valence-corrected chi connectivity index (χ1v) is 12.0. The summed E-state index contributed by atoms with van der Waals surface area (Å²) in [5, 5.41) is 3.15. The van der Waals surface area contributed by atoms with Gasteiger partial charge in [0.15, 0.2) is 0 Å². The van der Waals surface area contributed by atoms with Crippen molar-refractivity contribution in [1.29, 1.82) is 0 Å². The van der Waals surface area contributed by atoms with E-state index in [1.54, 1.807) is 18.9 Å². The van der Waals surface area contributed by atoms with Crippen molar-refractivity contribution in [2.45, 2.75) is 57.2 Å². The van der Waals surface area contributed by atoms with E-state index >= 15 is 0 Å². The zero-order chi connectivity index (χ0) is 23.3. The molecule has 168 valence electrons. The number of carbonyl (C=O) groups excluding carboxylic acids is 1. The van der Waals surface area contributed by atoms with E-state index in [1.165, 1.54) is 16.0 Å². The number of carbonyl (C=O) groups is 1. The predicted molar refractivity (Wildman–Crippen MR) is 135 cm³/mol. The number of ether oxygens (including phenoxy) is 1. The minimum absolute atomic E-state index is 0.0587. The molecular weight excluding hydrogens is 414 g/mol. The summed E-state index contributed by atoms with van der Waals surface area (Å²) in [6.45, 7) is 10.5. The minimum atomic E-state index is -0.0947. The molecule has 0 saturated heterocycles. The number of aryl methyl sites for hydroxylation is 2. The Morgan fingerprint density at radius 1 is 0.938 bits per heavy atom. The fourth-order valence-corrected chi connectivity index (χ4v) is 4.58. The summed E-state index contributed by atoms with van der Waals surface area (Å²) in [4.78, 5) is 14.1. The number of hydrogen-bond donors (Lipinski definition) is 1. The average Bonchev–Trinajstić information content (AvgIpc) is 2.78. The Hall–Kier alpha value is -2.72. The number of thioether (sulfide) groups is 1. The topological polar surface area (TPSA) is 38.3 Å². The highest BCUT2D eigenvalue weighted by Gasteiger charge is 2.17. The Morgan fingerprint density at radius 2 is 1.59 bits per heavy atom. The molecule has 1 atom stereocenters. The largest absolute Gasteiger partial charge is 0.496 e. The molecule has 32 heavy (non-hydrogen) atoms. The molecule has 3 rings (SSSR count). The highest BCUT2D eigenvalue weighted by Crippen LogP contribution is 2.32. The van der Waals surface area contributed by atoms with Crippen LogP contribution < -0.4 is 10.1 Å². The van der Waals surface area contributed by atoms with Crippen LogP contribution in [0.25, 0.3) is 0 Å². The van der Waals surface area contributed by atoms with Gasteiger partial charge in [-0.15, -0.1) is 11.8 Å². The molecule has 0 saturated carbocycles. The highest BCUT2D eigenvalue weighted by atomic mass is 32.2. The zero-order valence-electron chi connectivity index (χ0n) is 19.9. The first kappa shape index (κ1) is 23.9. The third kappa shape index (κ3) is 5.95. The van der Waals surface area contributed by atoms with Gasteiger partial charge in [0, 0.05) is 16.2 Å². The molecule has 0 aliphatic carbocycles. The lowest BCUT2D eigenvalue weighted by Gasteiger charge is -2.21. The second-order valence-corrected chi connectivity index (χ2v) is 9.65. The number of methoxy groups -OCH3 is 1. The van der Waals surface area contributed by atoms with Crippen LogP contribution >= 0.6 is 11.8 Å². The lowest BCUT2D eigenvalue weighted by Crippen LogP contribution is -2.27. The van der Waals surface area contributed by atoms with Crippen LogP contribution in [0.5, 0.6) is 5.75 Å². The Labute approximate surface area is 196 Å². The molecule has 0 unspecified atom stereocenters. The lowest BCUT2D eigenvalue weighted by atomic mass is 9.93. The predicted octanol–water partition coefficient (Wildman–Crippen LogP) is 7.22. The summed E-state index contributed by atoms with van der Waals surface area (Å²) in [7, 11) is 1.70. The van der Waals surface area contributed by atoms with E-state index < -0.39 is 0 Å². The molecule has 0 aliphatic rings. The second kappa shape index (κ2) is 10.7.